The number of hydrogen-bond donors (Lipinski definition) is 2. The first-order chi connectivity index (χ1) is 29.8. The fraction of sp³-hybridized carbons (Fsp3) is 0.292. The molecule has 0 fully saturated rings. The Balaban J connectivity index is 0.000000158. The van der Waals surface area contributed by atoms with Crippen molar-refractivity contribution < 1.29 is 19.7 Å². The zero-order chi connectivity index (χ0) is 43.5. The van der Waals surface area contributed by atoms with Gasteiger partial charge in [0, 0.05) is 60.1 Å². The minimum atomic E-state index is -1.10. The molecule has 10 rings (SSSR count). The summed E-state index contributed by atoms with van der Waals surface area (Å²) in [5, 5.41) is 21.6. The van der Waals surface area contributed by atoms with E-state index in [0.29, 0.717) is 35.5 Å². The Kier molecular flexibility index (Phi) is 10.1. The molecule has 0 saturated carbocycles. The van der Waals surface area contributed by atoms with E-state index in [9.17, 15) is 19.8 Å². The smallest absolute Gasteiger partial charge is 0.274 e. The molecule has 2 aliphatic heterocycles. The Labute approximate surface area is 357 Å². The summed E-state index contributed by atoms with van der Waals surface area (Å²) in [7, 11) is 3.34. The van der Waals surface area contributed by atoms with E-state index in [-0.39, 0.29) is 23.2 Å². The van der Waals surface area contributed by atoms with Crippen molar-refractivity contribution in [1.29, 1.82) is 0 Å². The maximum absolute atomic E-state index is 13.0. The lowest BCUT2D eigenvalue weighted by atomic mass is 10.0. The molecular formula is C48H48N8O6. The van der Waals surface area contributed by atoms with Crippen LogP contribution in [0.3, 0.4) is 0 Å². The van der Waals surface area contributed by atoms with E-state index >= 15 is 0 Å². The zero-order valence-electron chi connectivity index (χ0n) is 35.5. The number of fused-ring (bicyclic) bond motifs is 6. The van der Waals surface area contributed by atoms with Gasteiger partial charge in [-0.25, -0.2) is 29.3 Å². The van der Waals surface area contributed by atoms with Gasteiger partial charge in [0.25, 0.3) is 11.1 Å². The van der Waals surface area contributed by atoms with Crippen LogP contribution in [0.1, 0.15) is 75.4 Å². The number of nitrogens with zero attached hydrogens (tertiary/aromatic N) is 8. The fourth-order valence-electron chi connectivity index (χ4n) is 8.77. The van der Waals surface area contributed by atoms with Crippen LogP contribution in [-0.2, 0) is 24.3 Å². The molecule has 0 amide bonds. The van der Waals surface area contributed by atoms with Crippen LogP contribution in [0.5, 0.6) is 11.5 Å². The van der Waals surface area contributed by atoms with Crippen molar-refractivity contribution in [2.75, 3.05) is 14.2 Å². The number of benzene rings is 4. The second-order valence-corrected chi connectivity index (χ2v) is 16.8. The van der Waals surface area contributed by atoms with E-state index < -0.39 is 11.2 Å². The van der Waals surface area contributed by atoms with Crippen molar-refractivity contribution in [1.82, 2.24) is 38.7 Å². The lowest BCUT2D eigenvalue weighted by Gasteiger charge is -2.18. The van der Waals surface area contributed by atoms with Gasteiger partial charge in [-0.1, -0.05) is 48.5 Å². The van der Waals surface area contributed by atoms with Crippen molar-refractivity contribution in [3.05, 3.63) is 153 Å². The Morgan fingerprint density at radius 1 is 0.548 bits per heavy atom. The van der Waals surface area contributed by atoms with Crippen LogP contribution in [0.25, 0.3) is 44.1 Å². The molecule has 316 valence electrons. The summed E-state index contributed by atoms with van der Waals surface area (Å²) in [5.41, 5.74) is 5.23. The first kappa shape index (κ1) is 40.5. The molecule has 0 aliphatic carbocycles. The third-order valence-corrected chi connectivity index (χ3v) is 11.8. The van der Waals surface area contributed by atoms with Gasteiger partial charge in [-0.15, -0.1) is 0 Å². The highest BCUT2D eigenvalue weighted by molar-refractivity contribution is 5.86. The molecule has 4 aromatic heterocycles. The molecule has 1 unspecified atom stereocenters. The average molecular weight is 833 g/mol. The SMILES string of the molecule is COc1ccccc1C1CCn2c(=O)c3ccc(-c4cnc(C(C)(C)O)nc4)cc3n21.COc1ccccc1[C@@H]1CCn2c(=O)c3ccc(-c4cnc(C(C)(C)O)nc4)cc3n21. The van der Waals surface area contributed by atoms with E-state index in [1.54, 1.807) is 66.7 Å². The molecular weight excluding hydrogens is 785 g/mol. The molecule has 14 heteroatoms. The van der Waals surface area contributed by atoms with Crippen molar-refractivity contribution in [3.8, 4) is 33.8 Å². The number of rotatable bonds is 8. The van der Waals surface area contributed by atoms with Gasteiger partial charge in [0.2, 0.25) is 0 Å². The first-order valence-electron chi connectivity index (χ1n) is 20.6. The van der Waals surface area contributed by atoms with Crippen LogP contribution >= 0.6 is 0 Å². The second-order valence-electron chi connectivity index (χ2n) is 16.8. The Bertz CT molecular complexity index is 2870. The number of para-hydroxylation sites is 2. The van der Waals surface area contributed by atoms with Gasteiger partial charge in [-0.3, -0.25) is 19.0 Å². The monoisotopic (exact) mass is 832 g/mol. The van der Waals surface area contributed by atoms with Gasteiger partial charge in [-0.2, -0.15) is 0 Å². The third kappa shape index (κ3) is 7.04. The van der Waals surface area contributed by atoms with Crippen molar-refractivity contribution in [2.45, 2.75) is 76.9 Å². The van der Waals surface area contributed by atoms with Crippen LogP contribution in [0, 0.1) is 0 Å². The minimum Gasteiger partial charge on any atom is -0.496 e. The molecule has 2 N–H and O–H groups in total. The maximum atomic E-state index is 13.0. The summed E-state index contributed by atoms with van der Waals surface area (Å²) >= 11 is 0. The fourth-order valence-corrected chi connectivity index (χ4v) is 8.77. The molecule has 62 heavy (non-hydrogen) atoms. The van der Waals surface area contributed by atoms with Gasteiger partial charge < -0.3 is 19.7 Å². The Morgan fingerprint density at radius 3 is 1.27 bits per heavy atom. The lowest BCUT2D eigenvalue weighted by Crippen LogP contribution is -2.19. The molecule has 0 spiro atoms. The number of aliphatic hydroxyl groups is 2. The first-order valence-corrected chi connectivity index (χ1v) is 20.6. The molecule has 4 aromatic carbocycles. The molecule has 0 radical (unpaired) electrons. The largest absolute Gasteiger partial charge is 0.496 e. The van der Waals surface area contributed by atoms with Crippen LogP contribution in [0.4, 0.5) is 0 Å². The second kappa shape index (κ2) is 15.5. The van der Waals surface area contributed by atoms with Crippen molar-refractivity contribution >= 4 is 21.8 Å². The number of aromatic nitrogens is 8. The minimum absolute atomic E-state index is 0.0189. The van der Waals surface area contributed by atoms with Crippen LogP contribution in [0.2, 0.25) is 0 Å². The van der Waals surface area contributed by atoms with Gasteiger partial charge >= 0.3 is 0 Å². The van der Waals surface area contributed by atoms with E-state index in [0.717, 1.165) is 68.8 Å². The quantitative estimate of drug-likeness (QED) is 0.163. The molecule has 0 saturated heterocycles. The normalized spacial score (nSPS) is 15.9. The Hall–Kier alpha value is -6.90. The van der Waals surface area contributed by atoms with E-state index in [1.165, 1.54) is 0 Å². The summed E-state index contributed by atoms with van der Waals surface area (Å²) in [4.78, 5) is 43.3. The molecule has 14 nitrogen and oxygen atoms in total. The van der Waals surface area contributed by atoms with Gasteiger partial charge in [0.15, 0.2) is 11.6 Å². The summed E-state index contributed by atoms with van der Waals surface area (Å²) in [6.45, 7) is 7.95. The van der Waals surface area contributed by atoms with Gasteiger partial charge in [-0.05, 0) is 88.1 Å². The molecule has 2 aliphatic rings. The predicted molar refractivity (Wildman–Crippen MR) is 236 cm³/mol. The lowest BCUT2D eigenvalue weighted by molar-refractivity contribution is 0.0682. The highest BCUT2D eigenvalue weighted by Gasteiger charge is 2.31. The third-order valence-electron chi connectivity index (χ3n) is 11.8. The molecule has 6 heterocycles. The average Bonchev–Trinajstić information content (AvgIpc) is 4.05. The van der Waals surface area contributed by atoms with Crippen LogP contribution in [0.15, 0.2) is 119 Å². The summed E-state index contributed by atoms with van der Waals surface area (Å²) in [6, 6.07) is 27.6. The summed E-state index contributed by atoms with van der Waals surface area (Å²) < 4.78 is 19.0. The summed E-state index contributed by atoms with van der Waals surface area (Å²) in [6.07, 6.45) is 8.49. The maximum Gasteiger partial charge on any atom is 0.274 e. The molecule has 2 atom stereocenters. The van der Waals surface area contributed by atoms with Crippen molar-refractivity contribution in [3.63, 3.8) is 0 Å². The number of ether oxygens (including phenoxy) is 2. The topological polar surface area (TPSA) is 164 Å². The highest BCUT2D eigenvalue weighted by Crippen LogP contribution is 2.39. The highest BCUT2D eigenvalue weighted by atomic mass is 16.5. The van der Waals surface area contributed by atoms with E-state index in [4.69, 9.17) is 9.47 Å². The van der Waals surface area contributed by atoms with E-state index in [2.05, 4.69) is 41.4 Å². The van der Waals surface area contributed by atoms with Crippen LogP contribution in [-0.4, -0.2) is 63.1 Å². The standard InChI is InChI=1S/2C24H24N4O3/c2*1-24(2,30)23-25-13-16(14-26-23)15-8-9-18-20(12-15)28-19(10-11-27(28)22(18)29)17-6-4-5-7-21(17)31-3/h2*4-9,12-14,19,30H,10-11H2,1-3H3/t19-;/m0./s1. The Morgan fingerprint density at radius 2 is 0.919 bits per heavy atom. The van der Waals surface area contributed by atoms with Gasteiger partial charge in [0.05, 0.1) is 48.1 Å². The number of hydrogen-bond acceptors (Lipinski definition) is 10. The number of methoxy groups -OCH3 is 2. The summed E-state index contributed by atoms with van der Waals surface area (Å²) in [5.74, 6) is 2.38. The molecule has 0 bridgehead atoms. The van der Waals surface area contributed by atoms with E-state index in [1.807, 2.05) is 82.2 Å². The molecule has 8 aromatic rings. The van der Waals surface area contributed by atoms with Crippen LogP contribution < -0.4 is 20.6 Å². The zero-order valence-corrected chi connectivity index (χ0v) is 35.5. The van der Waals surface area contributed by atoms with Crippen molar-refractivity contribution in [2.24, 2.45) is 0 Å². The van der Waals surface area contributed by atoms with Gasteiger partial charge in [0.1, 0.15) is 22.7 Å². The predicted octanol–water partition coefficient (Wildman–Crippen LogP) is 6.98.